The molecule has 2 amide bonds. The van der Waals surface area contributed by atoms with Crippen LogP contribution in [-0.2, 0) is 11.3 Å². The van der Waals surface area contributed by atoms with Gasteiger partial charge in [0.05, 0.1) is 13.1 Å². The van der Waals surface area contributed by atoms with Crippen LogP contribution in [-0.4, -0.2) is 34.5 Å². The molecular formula is C10H17N5O3. The highest BCUT2D eigenvalue weighted by Gasteiger charge is 2.17. The van der Waals surface area contributed by atoms with Gasteiger partial charge in [-0.1, -0.05) is 5.16 Å². The van der Waals surface area contributed by atoms with E-state index in [-0.39, 0.29) is 18.3 Å². The molecule has 1 heterocycles. The van der Waals surface area contributed by atoms with Gasteiger partial charge < -0.3 is 10.3 Å². The van der Waals surface area contributed by atoms with E-state index in [1.807, 2.05) is 19.3 Å². The van der Waals surface area contributed by atoms with Gasteiger partial charge in [0.1, 0.15) is 0 Å². The Morgan fingerprint density at radius 1 is 1.56 bits per heavy atom. The number of hydrogen-bond acceptors (Lipinski definition) is 6. The molecule has 1 rings (SSSR count). The highest BCUT2D eigenvalue weighted by Crippen LogP contribution is 2.09. The molecule has 8 heteroatoms. The molecule has 0 aromatic carbocycles. The summed E-state index contributed by atoms with van der Waals surface area (Å²) in [5.41, 5.74) is 7.20. The third-order valence-corrected chi connectivity index (χ3v) is 2.37. The van der Waals surface area contributed by atoms with Gasteiger partial charge in [-0.25, -0.2) is 5.84 Å². The first-order valence-electron chi connectivity index (χ1n) is 5.43. The maximum absolute atomic E-state index is 11.2. The number of nitrogens with one attached hydrogen (secondary N) is 1. The van der Waals surface area contributed by atoms with Gasteiger partial charge in [0.25, 0.3) is 5.91 Å². The fourth-order valence-electron chi connectivity index (χ4n) is 1.39. The number of hydrazine groups is 1. The van der Waals surface area contributed by atoms with Crippen LogP contribution >= 0.6 is 0 Å². The van der Waals surface area contributed by atoms with Gasteiger partial charge in [-0.3, -0.25) is 19.9 Å². The highest BCUT2D eigenvalue weighted by molar-refractivity contribution is 5.91. The largest absolute Gasteiger partial charge is 0.369 e. The van der Waals surface area contributed by atoms with Crippen molar-refractivity contribution < 1.29 is 14.1 Å². The molecule has 1 aromatic rings. The quantitative estimate of drug-likeness (QED) is 0.339. The topological polar surface area (TPSA) is 127 Å². The maximum atomic E-state index is 11.2. The van der Waals surface area contributed by atoms with E-state index in [1.165, 1.54) is 6.07 Å². The number of aromatic nitrogens is 1. The van der Waals surface area contributed by atoms with Crippen LogP contribution in [0.5, 0.6) is 0 Å². The second-order valence-corrected chi connectivity index (χ2v) is 4.12. The van der Waals surface area contributed by atoms with Gasteiger partial charge >= 0.3 is 0 Å². The molecule has 0 atom stereocenters. The smallest absolute Gasteiger partial charge is 0.287 e. The molecule has 0 aliphatic heterocycles. The Morgan fingerprint density at radius 3 is 2.72 bits per heavy atom. The lowest BCUT2D eigenvalue weighted by molar-refractivity contribution is -0.119. The molecule has 0 saturated carbocycles. The van der Waals surface area contributed by atoms with Gasteiger partial charge in [0.15, 0.2) is 11.5 Å². The minimum Gasteiger partial charge on any atom is -0.369 e. The van der Waals surface area contributed by atoms with Gasteiger partial charge in [-0.05, 0) is 13.8 Å². The van der Waals surface area contributed by atoms with Crippen molar-refractivity contribution in [1.82, 2.24) is 15.5 Å². The molecule has 0 fully saturated rings. The summed E-state index contributed by atoms with van der Waals surface area (Å²) in [7, 11) is 0. The summed E-state index contributed by atoms with van der Waals surface area (Å²) in [6.45, 7) is 4.29. The van der Waals surface area contributed by atoms with E-state index >= 15 is 0 Å². The summed E-state index contributed by atoms with van der Waals surface area (Å²) in [6.07, 6.45) is 0. The average molecular weight is 255 g/mol. The van der Waals surface area contributed by atoms with Crippen molar-refractivity contribution >= 4 is 11.8 Å². The van der Waals surface area contributed by atoms with Gasteiger partial charge in [0, 0.05) is 12.1 Å². The first-order valence-corrected chi connectivity index (χ1v) is 5.43. The van der Waals surface area contributed by atoms with E-state index < -0.39 is 11.8 Å². The minimum absolute atomic E-state index is 0.0929. The van der Waals surface area contributed by atoms with Gasteiger partial charge in [-0.15, -0.1) is 0 Å². The number of nitrogens with two attached hydrogens (primary N) is 2. The number of carbonyl (C=O) groups is 2. The van der Waals surface area contributed by atoms with E-state index in [9.17, 15) is 9.59 Å². The lowest BCUT2D eigenvalue weighted by Gasteiger charge is -2.23. The second kappa shape index (κ2) is 6.12. The van der Waals surface area contributed by atoms with Crippen molar-refractivity contribution in [3.05, 3.63) is 17.5 Å². The second-order valence-electron chi connectivity index (χ2n) is 4.12. The van der Waals surface area contributed by atoms with Crippen LogP contribution in [0.25, 0.3) is 0 Å². The summed E-state index contributed by atoms with van der Waals surface area (Å²) in [6, 6.07) is 1.58. The minimum atomic E-state index is -0.531. The van der Waals surface area contributed by atoms with E-state index in [1.54, 1.807) is 4.90 Å². The van der Waals surface area contributed by atoms with Crippen LogP contribution < -0.4 is 17.0 Å². The molecule has 100 valence electrons. The molecule has 0 unspecified atom stereocenters. The molecule has 5 N–H and O–H groups in total. The Hall–Kier alpha value is -1.93. The van der Waals surface area contributed by atoms with Crippen molar-refractivity contribution in [2.75, 3.05) is 6.54 Å². The fourth-order valence-corrected chi connectivity index (χ4v) is 1.39. The van der Waals surface area contributed by atoms with Gasteiger partial charge in [0.2, 0.25) is 5.91 Å². The average Bonchev–Trinajstić information content (AvgIpc) is 2.75. The summed E-state index contributed by atoms with van der Waals surface area (Å²) in [5, 5.41) is 3.57. The molecule has 0 spiro atoms. The van der Waals surface area contributed by atoms with Crippen LogP contribution in [0.2, 0.25) is 0 Å². The van der Waals surface area contributed by atoms with E-state index in [4.69, 9.17) is 16.1 Å². The Balaban J connectivity index is 2.72. The Kier molecular flexibility index (Phi) is 4.81. The zero-order valence-corrected chi connectivity index (χ0v) is 10.3. The van der Waals surface area contributed by atoms with E-state index in [0.29, 0.717) is 12.3 Å². The number of nitrogens with zero attached hydrogens (tertiary/aromatic N) is 2. The Labute approximate surface area is 104 Å². The maximum Gasteiger partial charge on any atom is 0.287 e. The predicted octanol–water partition coefficient (Wildman–Crippen LogP) is -1.03. The first kappa shape index (κ1) is 14.1. The summed E-state index contributed by atoms with van der Waals surface area (Å²) >= 11 is 0. The third kappa shape index (κ3) is 3.82. The molecular weight excluding hydrogens is 238 g/mol. The normalized spacial score (nSPS) is 10.9. The predicted molar refractivity (Wildman–Crippen MR) is 62.9 cm³/mol. The fraction of sp³-hybridized carbons (Fsp3) is 0.500. The summed E-state index contributed by atoms with van der Waals surface area (Å²) in [5.74, 6) is 4.48. The molecule has 0 aliphatic rings. The third-order valence-electron chi connectivity index (χ3n) is 2.37. The molecule has 0 saturated heterocycles. The Bertz CT molecular complexity index is 429. The SMILES string of the molecule is CC(C)N(CC(N)=O)Cc1cc(C(=O)NN)no1. The number of carbonyl (C=O) groups excluding carboxylic acids is 2. The standard InChI is InChI=1S/C10H17N5O3/c1-6(2)15(5-9(11)16)4-7-3-8(14-18-7)10(17)13-12/h3,6H,4-5,12H2,1-2H3,(H2,11,16)(H,13,17). The monoisotopic (exact) mass is 255 g/mol. The van der Waals surface area contributed by atoms with Crippen molar-refractivity contribution in [2.24, 2.45) is 11.6 Å². The number of primary amides is 1. The number of hydrogen-bond donors (Lipinski definition) is 3. The number of rotatable bonds is 6. The lowest BCUT2D eigenvalue weighted by Crippen LogP contribution is -2.37. The van der Waals surface area contributed by atoms with E-state index in [0.717, 1.165) is 0 Å². The van der Waals surface area contributed by atoms with E-state index in [2.05, 4.69) is 5.16 Å². The van der Waals surface area contributed by atoms with Crippen molar-refractivity contribution in [3.8, 4) is 0 Å². The van der Waals surface area contributed by atoms with Crippen LogP contribution in [0.15, 0.2) is 10.6 Å². The van der Waals surface area contributed by atoms with Crippen LogP contribution in [0.1, 0.15) is 30.1 Å². The zero-order chi connectivity index (χ0) is 13.7. The number of nitrogen functional groups attached to an aromatic ring is 1. The zero-order valence-electron chi connectivity index (χ0n) is 10.3. The van der Waals surface area contributed by atoms with Crippen molar-refractivity contribution in [1.29, 1.82) is 0 Å². The highest BCUT2D eigenvalue weighted by atomic mass is 16.5. The van der Waals surface area contributed by atoms with Gasteiger partial charge in [-0.2, -0.15) is 0 Å². The van der Waals surface area contributed by atoms with Crippen LogP contribution in [0.4, 0.5) is 0 Å². The summed E-state index contributed by atoms with van der Waals surface area (Å²) < 4.78 is 4.99. The molecule has 1 aromatic heterocycles. The molecule has 18 heavy (non-hydrogen) atoms. The summed E-state index contributed by atoms with van der Waals surface area (Å²) in [4.78, 5) is 23.9. The Morgan fingerprint density at radius 2 is 2.22 bits per heavy atom. The molecule has 0 aliphatic carbocycles. The van der Waals surface area contributed by atoms with Crippen molar-refractivity contribution in [3.63, 3.8) is 0 Å². The first-order chi connectivity index (χ1) is 8.43. The number of amides is 2. The lowest BCUT2D eigenvalue weighted by atomic mass is 10.2. The van der Waals surface area contributed by atoms with Crippen molar-refractivity contribution in [2.45, 2.75) is 26.4 Å². The van der Waals surface area contributed by atoms with Crippen LogP contribution in [0, 0.1) is 0 Å². The van der Waals surface area contributed by atoms with Crippen LogP contribution in [0.3, 0.4) is 0 Å². The molecule has 0 bridgehead atoms. The molecule has 0 radical (unpaired) electrons. The molecule has 8 nitrogen and oxygen atoms in total.